The summed E-state index contributed by atoms with van der Waals surface area (Å²) in [4.78, 5) is 10.1. The zero-order chi connectivity index (χ0) is 16.4. The fourth-order valence-electron chi connectivity index (χ4n) is 2.82. The van der Waals surface area contributed by atoms with Crippen molar-refractivity contribution in [2.75, 3.05) is 18.1 Å². The van der Waals surface area contributed by atoms with Crippen LogP contribution in [0.25, 0.3) is 0 Å². The first-order valence-electron chi connectivity index (χ1n) is 7.43. The number of benzene rings is 1. The lowest BCUT2D eigenvalue weighted by Crippen LogP contribution is -2.25. The fraction of sp³-hybridized carbons (Fsp3) is 0.375. The number of nitrogens with zero attached hydrogens (tertiary/aromatic N) is 3. The molecule has 2 atom stereocenters. The summed E-state index contributed by atoms with van der Waals surface area (Å²) in [5.41, 5.74) is 0.594. The number of aromatic nitrogens is 2. The van der Waals surface area contributed by atoms with Gasteiger partial charge in [0, 0.05) is 12.6 Å². The van der Waals surface area contributed by atoms with Crippen molar-refractivity contribution in [2.45, 2.75) is 25.5 Å². The maximum atomic E-state index is 13.5. The largest absolute Gasteiger partial charge is 0.478 e. The molecule has 1 aromatic carbocycles. The van der Waals surface area contributed by atoms with E-state index in [0.29, 0.717) is 36.8 Å². The Morgan fingerprint density at radius 3 is 2.83 bits per heavy atom. The normalized spacial score (nSPS) is 20.8. The minimum absolute atomic E-state index is 0.288. The van der Waals surface area contributed by atoms with Crippen molar-refractivity contribution in [1.82, 2.24) is 9.97 Å². The third-order valence-corrected chi connectivity index (χ3v) is 3.82. The summed E-state index contributed by atoms with van der Waals surface area (Å²) in [6.45, 7) is 2.68. The van der Waals surface area contributed by atoms with E-state index in [1.807, 2.05) is 11.8 Å². The number of β-amino-alcohol motifs (C(OH)–C–C–N with tert-alkyl or cyclic N) is 1. The SMILES string of the molecule is CCOc1cc(N2C[C@H](O)C[C@@H]2c2ccc(F)c(F)c2)ncn1. The number of aliphatic hydroxyl groups is 1. The van der Waals surface area contributed by atoms with Gasteiger partial charge in [0.2, 0.25) is 5.88 Å². The molecule has 122 valence electrons. The molecule has 0 saturated carbocycles. The fourth-order valence-corrected chi connectivity index (χ4v) is 2.82. The van der Waals surface area contributed by atoms with Crippen molar-refractivity contribution in [3.05, 3.63) is 47.8 Å². The average molecular weight is 321 g/mol. The first-order chi connectivity index (χ1) is 11.1. The van der Waals surface area contributed by atoms with Crippen LogP contribution in [-0.4, -0.2) is 34.3 Å². The van der Waals surface area contributed by atoms with Gasteiger partial charge < -0.3 is 14.7 Å². The van der Waals surface area contributed by atoms with Crippen molar-refractivity contribution in [3.63, 3.8) is 0 Å². The van der Waals surface area contributed by atoms with E-state index < -0.39 is 17.7 Å². The number of hydrogen-bond acceptors (Lipinski definition) is 5. The predicted octanol–water partition coefficient (Wildman–Crippen LogP) is 2.47. The highest BCUT2D eigenvalue weighted by molar-refractivity contribution is 5.46. The molecule has 7 heteroatoms. The van der Waals surface area contributed by atoms with Crippen molar-refractivity contribution in [1.29, 1.82) is 0 Å². The molecule has 0 aliphatic carbocycles. The van der Waals surface area contributed by atoms with Crippen molar-refractivity contribution < 1.29 is 18.6 Å². The predicted molar refractivity (Wildman–Crippen MR) is 80.3 cm³/mol. The van der Waals surface area contributed by atoms with E-state index in [2.05, 4.69) is 9.97 Å². The van der Waals surface area contributed by atoms with E-state index in [0.717, 1.165) is 12.1 Å². The molecule has 2 heterocycles. The molecule has 1 N–H and O–H groups in total. The molecule has 0 radical (unpaired) electrons. The molecule has 1 aliphatic heterocycles. The van der Waals surface area contributed by atoms with Gasteiger partial charge in [-0.05, 0) is 31.0 Å². The third kappa shape index (κ3) is 3.24. The Labute approximate surface area is 132 Å². The lowest BCUT2D eigenvalue weighted by molar-refractivity contribution is 0.194. The van der Waals surface area contributed by atoms with Crippen LogP contribution < -0.4 is 9.64 Å². The van der Waals surface area contributed by atoms with Gasteiger partial charge >= 0.3 is 0 Å². The smallest absolute Gasteiger partial charge is 0.218 e. The maximum Gasteiger partial charge on any atom is 0.218 e. The summed E-state index contributed by atoms with van der Waals surface area (Å²) in [5.74, 6) is -0.779. The zero-order valence-corrected chi connectivity index (χ0v) is 12.6. The molecule has 1 saturated heterocycles. The van der Waals surface area contributed by atoms with E-state index in [1.165, 1.54) is 12.4 Å². The van der Waals surface area contributed by atoms with Crippen LogP contribution in [-0.2, 0) is 0 Å². The molecule has 23 heavy (non-hydrogen) atoms. The zero-order valence-electron chi connectivity index (χ0n) is 12.6. The van der Waals surface area contributed by atoms with Gasteiger partial charge in [-0.15, -0.1) is 0 Å². The first-order valence-corrected chi connectivity index (χ1v) is 7.43. The summed E-state index contributed by atoms with van der Waals surface area (Å²) in [6.07, 6.45) is 1.23. The topological polar surface area (TPSA) is 58.5 Å². The van der Waals surface area contributed by atoms with Crippen molar-refractivity contribution in [3.8, 4) is 5.88 Å². The van der Waals surface area contributed by atoms with Crippen LogP contribution >= 0.6 is 0 Å². The van der Waals surface area contributed by atoms with Gasteiger partial charge in [-0.25, -0.2) is 18.7 Å². The molecule has 3 rings (SSSR count). The van der Waals surface area contributed by atoms with Gasteiger partial charge in [0.25, 0.3) is 0 Å². The molecule has 2 aromatic rings. The van der Waals surface area contributed by atoms with Gasteiger partial charge in [-0.1, -0.05) is 6.07 Å². The van der Waals surface area contributed by atoms with E-state index in [9.17, 15) is 13.9 Å². The van der Waals surface area contributed by atoms with E-state index in [4.69, 9.17) is 4.74 Å². The van der Waals surface area contributed by atoms with Crippen LogP contribution in [0.2, 0.25) is 0 Å². The van der Waals surface area contributed by atoms with Crippen LogP contribution in [0, 0.1) is 11.6 Å². The number of ether oxygens (including phenoxy) is 1. The molecule has 1 aromatic heterocycles. The van der Waals surface area contributed by atoms with Crippen LogP contribution in [0.15, 0.2) is 30.6 Å². The quantitative estimate of drug-likeness (QED) is 0.937. The van der Waals surface area contributed by atoms with E-state index >= 15 is 0 Å². The Balaban J connectivity index is 1.93. The molecule has 0 spiro atoms. The lowest BCUT2D eigenvalue weighted by atomic mass is 10.0. The summed E-state index contributed by atoms with van der Waals surface area (Å²) in [7, 11) is 0. The number of aliphatic hydroxyl groups excluding tert-OH is 1. The van der Waals surface area contributed by atoms with Crippen LogP contribution in [0.1, 0.15) is 24.9 Å². The van der Waals surface area contributed by atoms with Crippen LogP contribution in [0.5, 0.6) is 5.88 Å². The Morgan fingerprint density at radius 2 is 2.09 bits per heavy atom. The van der Waals surface area contributed by atoms with Gasteiger partial charge in [-0.3, -0.25) is 0 Å². The molecule has 1 aliphatic rings. The molecular formula is C16H17F2N3O2. The molecule has 5 nitrogen and oxygen atoms in total. The summed E-state index contributed by atoms with van der Waals surface area (Å²) >= 11 is 0. The molecule has 0 bridgehead atoms. The summed E-state index contributed by atoms with van der Waals surface area (Å²) < 4.78 is 32.0. The second kappa shape index (κ2) is 6.45. The molecular weight excluding hydrogens is 304 g/mol. The third-order valence-electron chi connectivity index (χ3n) is 3.82. The number of hydrogen-bond donors (Lipinski definition) is 1. The average Bonchev–Trinajstić information content (AvgIpc) is 2.93. The molecule has 1 fully saturated rings. The van der Waals surface area contributed by atoms with Crippen molar-refractivity contribution >= 4 is 5.82 Å². The maximum absolute atomic E-state index is 13.5. The minimum atomic E-state index is -0.901. The van der Waals surface area contributed by atoms with Crippen LogP contribution in [0.3, 0.4) is 0 Å². The monoisotopic (exact) mass is 321 g/mol. The summed E-state index contributed by atoms with van der Waals surface area (Å²) in [6, 6.07) is 5.17. The first kappa shape index (κ1) is 15.6. The highest BCUT2D eigenvalue weighted by Gasteiger charge is 2.33. The van der Waals surface area contributed by atoms with E-state index in [1.54, 1.807) is 6.07 Å². The Hall–Kier alpha value is -2.28. The molecule has 0 unspecified atom stereocenters. The minimum Gasteiger partial charge on any atom is -0.478 e. The Kier molecular flexibility index (Phi) is 4.38. The highest BCUT2D eigenvalue weighted by Crippen LogP contribution is 2.36. The summed E-state index contributed by atoms with van der Waals surface area (Å²) in [5, 5.41) is 10.0. The Morgan fingerprint density at radius 1 is 1.26 bits per heavy atom. The standard InChI is InChI=1S/C16H17F2N3O2/c1-2-23-16-7-15(19-9-20-16)21-8-11(22)6-14(21)10-3-4-12(17)13(18)5-10/h3-5,7,9,11,14,22H,2,6,8H2,1H3/t11-,14-/m1/s1. The van der Waals surface area contributed by atoms with Gasteiger partial charge in [0.15, 0.2) is 11.6 Å². The second-order valence-electron chi connectivity index (χ2n) is 5.38. The van der Waals surface area contributed by atoms with Gasteiger partial charge in [0.1, 0.15) is 12.1 Å². The molecule has 0 amide bonds. The Bertz CT molecular complexity index is 699. The van der Waals surface area contributed by atoms with E-state index in [-0.39, 0.29) is 6.04 Å². The second-order valence-corrected chi connectivity index (χ2v) is 5.38. The van der Waals surface area contributed by atoms with Crippen molar-refractivity contribution in [2.24, 2.45) is 0 Å². The van der Waals surface area contributed by atoms with Gasteiger partial charge in [0.05, 0.1) is 18.8 Å². The number of anilines is 1. The highest BCUT2D eigenvalue weighted by atomic mass is 19.2. The van der Waals surface area contributed by atoms with Crippen LogP contribution in [0.4, 0.5) is 14.6 Å². The number of rotatable bonds is 4. The van der Waals surface area contributed by atoms with Gasteiger partial charge in [-0.2, -0.15) is 0 Å². The number of halogens is 2. The lowest BCUT2D eigenvalue weighted by Gasteiger charge is -2.25.